The molecule has 0 spiro atoms. The standard InChI is InChI=1S/C19H26N2O2/c1-3-4-17-5-6-18(23-17)14-21-11-8-15(9-12-21)16-7-10-20(2)19(22)13-16/h5-7,10,13,15H,3-4,8-9,11-12,14H2,1-2H3. The lowest BCUT2D eigenvalue weighted by Crippen LogP contribution is -2.32. The number of rotatable bonds is 5. The van der Waals surface area contributed by atoms with Crippen LogP contribution in [0.2, 0.25) is 0 Å². The quantitative estimate of drug-likeness (QED) is 0.850. The van der Waals surface area contributed by atoms with E-state index in [2.05, 4.69) is 30.0 Å². The van der Waals surface area contributed by atoms with Crippen molar-refractivity contribution < 1.29 is 4.42 Å². The molecule has 0 aliphatic carbocycles. The molecule has 1 aliphatic heterocycles. The molecule has 23 heavy (non-hydrogen) atoms. The van der Waals surface area contributed by atoms with Gasteiger partial charge in [0.1, 0.15) is 11.5 Å². The van der Waals surface area contributed by atoms with E-state index in [0.717, 1.165) is 56.8 Å². The Kier molecular flexibility index (Phi) is 5.01. The van der Waals surface area contributed by atoms with Crippen molar-refractivity contribution in [2.24, 2.45) is 7.05 Å². The van der Waals surface area contributed by atoms with Crippen LogP contribution in [0.15, 0.2) is 39.7 Å². The molecule has 0 amide bonds. The van der Waals surface area contributed by atoms with Crippen LogP contribution < -0.4 is 5.56 Å². The fraction of sp³-hybridized carbons (Fsp3) is 0.526. The van der Waals surface area contributed by atoms with Crippen molar-refractivity contribution in [1.82, 2.24) is 9.47 Å². The second-order valence-electron chi connectivity index (χ2n) is 6.58. The van der Waals surface area contributed by atoms with Crippen molar-refractivity contribution in [3.63, 3.8) is 0 Å². The largest absolute Gasteiger partial charge is 0.465 e. The van der Waals surface area contributed by atoms with Crippen LogP contribution >= 0.6 is 0 Å². The third-order valence-corrected chi connectivity index (χ3v) is 4.78. The highest BCUT2D eigenvalue weighted by Gasteiger charge is 2.21. The third-order valence-electron chi connectivity index (χ3n) is 4.78. The molecule has 1 fully saturated rings. The monoisotopic (exact) mass is 314 g/mol. The van der Waals surface area contributed by atoms with Crippen LogP contribution in [0.3, 0.4) is 0 Å². The fourth-order valence-electron chi connectivity index (χ4n) is 3.35. The Morgan fingerprint density at radius 2 is 1.91 bits per heavy atom. The van der Waals surface area contributed by atoms with Gasteiger partial charge >= 0.3 is 0 Å². The van der Waals surface area contributed by atoms with E-state index in [1.807, 2.05) is 6.20 Å². The summed E-state index contributed by atoms with van der Waals surface area (Å²) in [4.78, 5) is 14.2. The molecule has 4 heteroatoms. The molecule has 1 saturated heterocycles. The summed E-state index contributed by atoms with van der Waals surface area (Å²) in [5.41, 5.74) is 1.28. The Morgan fingerprint density at radius 1 is 1.17 bits per heavy atom. The molecular formula is C19H26N2O2. The van der Waals surface area contributed by atoms with E-state index in [4.69, 9.17) is 4.42 Å². The predicted octanol–water partition coefficient (Wildman–Crippen LogP) is 3.31. The molecule has 0 aromatic carbocycles. The van der Waals surface area contributed by atoms with Crippen LogP contribution in [0.4, 0.5) is 0 Å². The molecule has 0 N–H and O–H groups in total. The van der Waals surface area contributed by atoms with Crippen molar-refractivity contribution in [3.05, 3.63) is 57.9 Å². The molecule has 2 aromatic heterocycles. The van der Waals surface area contributed by atoms with Crippen LogP contribution in [-0.4, -0.2) is 22.6 Å². The van der Waals surface area contributed by atoms with Crippen LogP contribution in [0, 0.1) is 0 Å². The van der Waals surface area contributed by atoms with E-state index in [1.54, 1.807) is 17.7 Å². The average molecular weight is 314 g/mol. The zero-order valence-electron chi connectivity index (χ0n) is 14.1. The molecular weight excluding hydrogens is 288 g/mol. The van der Waals surface area contributed by atoms with Crippen molar-refractivity contribution in [3.8, 4) is 0 Å². The zero-order chi connectivity index (χ0) is 16.2. The molecule has 0 bridgehead atoms. The smallest absolute Gasteiger partial charge is 0.250 e. The minimum atomic E-state index is 0.0870. The second-order valence-corrected chi connectivity index (χ2v) is 6.58. The molecule has 2 aromatic rings. The summed E-state index contributed by atoms with van der Waals surface area (Å²) in [6.45, 7) is 5.18. The van der Waals surface area contributed by atoms with Crippen LogP contribution in [0.25, 0.3) is 0 Å². The maximum atomic E-state index is 11.8. The molecule has 0 atom stereocenters. The molecule has 0 radical (unpaired) electrons. The van der Waals surface area contributed by atoms with E-state index in [0.29, 0.717) is 5.92 Å². The maximum Gasteiger partial charge on any atom is 0.250 e. The minimum Gasteiger partial charge on any atom is -0.465 e. The van der Waals surface area contributed by atoms with Gasteiger partial charge in [0.15, 0.2) is 0 Å². The highest BCUT2D eigenvalue weighted by molar-refractivity contribution is 5.17. The third kappa shape index (κ3) is 3.94. The minimum absolute atomic E-state index is 0.0870. The molecule has 124 valence electrons. The Balaban J connectivity index is 1.55. The van der Waals surface area contributed by atoms with Gasteiger partial charge in [-0.2, -0.15) is 0 Å². The Morgan fingerprint density at radius 3 is 2.61 bits per heavy atom. The summed E-state index contributed by atoms with van der Waals surface area (Å²) in [6.07, 6.45) is 6.23. The first-order chi connectivity index (χ1) is 11.2. The van der Waals surface area contributed by atoms with E-state index in [9.17, 15) is 4.79 Å². The SMILES string of the molecule is CCCc1ccc(CN2CCC(c3ccn(C)c(=O)c3)CC2)o1. The number of aryl methyl sites for hydroxylation is 2. The number of furan rings is 1. The van der Waals surface area contributed by atoms with Gasteiger partial charge in [-0.15, -0.1) is 0 Å². The summed E-state index contributed by atoms with van der Waals surface area (Å²) in [5.74, 6) is 2.67. The number of nitrogens with zero attached hydrogens (tertiary/aromatic N) is 2. The van der Waals surface area contributed by atoms with E-state index in [1.165, 1.54) is 5.56 Å². The van der Waals surface area contributed by atoms with E-state index < -0.39 is 0 Å². The van der Waals surface area contributed by atoms with Gasteiger partial charge in [-0.25, -0.2) is 0 Å². The summed E-state index contributed by atoms with van der Waals surface area (Å²) in [7, 11) is 1.80. The van der Waals surface area contributed by atoms with Gasteiger partial charge in [-0.3, -0.25) is 9.69 Å². The number of pyridine rings is 1. The number of likely N-dealkylation sites (tertiary alicyclic amines) is 1. The molecule has 0 saturated carbocycles. The molecule has 1 aliphatic rings. The lowest BCUT2D eigenvalue weighted by molar-refractivity contribution is 0.189. The molecule has 3 rings (SSSR count). The van der Waals surface area contributed by atoms with Gasteiger partial charge < -0.3 is 8.98 Å². The van der Waals surface area contributed by atoms with Gasteiger partial charge in [0, 0.05) is 25.7 Å². The van der Waals surface area contributed by atoms with Gasteiger partial charge in [0.2, 0.25) is 0 Å². The second kappa shape index (κ2) is 7.18. The van der Waals surface area contributed by atoms with Gasteiger partial charge in [-0.1, -0.05) is 6.92 Å². The number of aromatic nitrogens is 1. The highest BCUT2D eigenvalue weighted by Crippen LogP contribution is 2.28. The van der Waals surface area contributed by atoms with E-state index >= 15 is 0 Å². The van der Waals surface area contributed by atoms with Gasteiger partial charge in [0.25, 0.3) is 5.56 Å². The van der Waals surface area contributed by atoms with E-state index in [-0.39, 0.29) is 5.56 Å². The topological polar surface area (TPSA) is 38.4 Å². The van der Waals surface area contributed by atoms with Crippen molar-refractivity contribution in [2.45, 2.75) is 45.1 Å². The normalized spacial score (nSPS) is 16.8. The Bertz CT molecular complexity index is 693. The first-order valence-corrected chi connectivity index (χ1v) is 8.62. The van der Waals surface area contributed by atoms with Crippen LogP contribution in [0.1, 0.15) is 49.2 Å². The number of piperidine rings is 1. The Labute approximate surface area is 137 Å². The number of hydrogen-bond acceptors (Lipinski definition) is 3. The number of hydrogen-bond donors (Lipinski definition) is 0. The lowest BCUT2D eigenvalue weighted by Gasteiger charge is -2.31. The van der Waals surface area contributed by atoms with Gasteiger partial charge in [0.05, 0.1) is 6.54 Å². The summed E-state index contributed by atoms with van der Waals surface area (Å²) in [6, 6.07) is 8.10. The first kappa shape index (κ1) is 16.1. The van der Waals surface area contributed by atoms with Gasteiger partial charge in [-0.05, 0) is 62.0 Å². The summed E-state index contributed by atoms with van der Waals surface area (Å²) < 4.78 is 7.51. The van der Waals surface area contributed by atoms with Crippen molar-refractivity contribution >= 4 is 0 Å². The maximum absolute atomic E-state index is 11.8. The fourth-order valence-corrected chi connectivity index (χ4v) is 3.35. The zero-order valence-corrected chi connectivity index (χ0v) is 14.1. The molecule has 0 unspecified atom stereocenters. The van der Waals surface area contributed by atoms with Crippen LogP contribution in [-0.2, 0) is 20.0 Å². The first-order valence-electron chi connectivity index (χ1n) is 8.62. The highest BCUT2D eigenvalue weighted by atomic mass is 16.3. The van der Waals surface area contributed by atoms with Crippen molar-refractivity contribution in [2.75, 3.05) is 13.1 Å². The molecule has 4 nitrogen and oxygen atoms in total. The van der Waals surface area contributed by atoms with Crippen LogP contribution in [0.5, 0.6) is 0 Å². The predicted molar refractivity (Wildman–Crippen MR) is 91.6 cm³/mol. The lowest BCUT2D eigenvalue weighted by atomic mass is 9.90. The van der Waals surface area contributed by atoms with Crippen molar-refractivity contribution in [1.29, 1.82) is 0 Å². The average Bonchev–Trinajstić information content (AvgIpc) is 2.98. The Hall–Kier alpha value is -1.81. The summed E-state index contributed by atoms with van der Waals surface area (Å²) in [5, 5.41) is 0. The molecule has 3 heterocycles. The summed E-state index contributed by atoms with van der Waals surface area (Å²) >= 11 is 0.